The van der Waals surface area contributed by atoms with Gasteiger partial charge in [-0.2, -0.15) is 0 Å². The highest BCUT2D eigenvalue weighted by molar-refractivity contribution is 7.15. The fraction of sp³-hybridized carbons (Fsp3) is 0.467. The van der Waals surface area contributed by atoms with E-state index in [-0.39, 0.29) is 11.4 Å². The Bertz CT molecular complexity index is 627. The Balaban J connectivity index is 1.82. The van der Waals surface area contributed by atoms with Gasteiger partial charge in [0.1, 0.15) is 5.69 Å². The molecule has 1 saturated carbocycles. The van der Waals surface area contributed by atoms with Gasteiger partial charge in [-0.25, -0.2) is 4.98 Å². The zero-order valence-electron chi connectivity index (χ0n) is 12.0. The number of nitrogens with two attached hydrogens (primary N) is 1. The van der Waals surface area contributed by atoms with Crippen LogP contribution in [0.15, 0.2) is 22.8 Å². The molecule has 0 aromatic carbocycles. The SMILES string of the molecule is Cc1sc(-c2ccco2)nc1C(=O)NC1(CN)CCCC1. The number of furan rings is 1. The molecular weight excluding hydrogens is 286 g/mol. The smallest absolute Gasteiger partial charge is 0.271 e. The maximum atomic E-state index is 12.5. The van der Waals surface area contributed by atoms with E-state index in [0.29, 0.717) is 18.0 Å². The number of amides is 1. The Morgan fingerprint density at radius 3 is 2.90 bits per heavy atom. The second-order valence-corrected chi connectivity index (χ2v) is 6.75. The van der Waals surface area contributed by atoms with Crippen LogP contribution in [0.1, 0.15) is 41.0 Å². The third-order valence-corrected chi connectivity index (χ3v) is 5.06. The van der Waals surface area contributed by atoms with Crippen LogP contribution >= 0.6 is 11.3 Å². The van der Waals surface area contributed by atoms with Crippen LogP contribution in [0.25, 0.3) is 10.8 Å². The lowest BCUT2D eigenvalue weighted by Gasteiger charge is -2.28. The van der Waals surface area contributed by atoms with Crippen molar-refractivity contribution in [2.24, 2.45) is 5.73 Å². The Morgan fingerprint density at radius 1 is 1.52 bits per heavy atom. The molecule has 0 aliphatic heterocycles. The van der Waals surface area contributed by atoms with E-state index in [0.717, 1.165) is 35.6 Å². The van der Waals surface area contributed by atoms with Gasteiger partial charge < -0.3 is 15.5 Å². The van der Waals surface area contributed by atoms with Gasteiger partial charge in [-0.1, -0.05) is 12.8 Å². The van der Waals surface area contributed by atoms with Crippen LogP contribution < -0.4 is 11.1 Å². The molecule has 0 spiro atoms. The van der Waals surface area contributed by atoms with Gasteiger partial charge in [-0.3, -0.25) is 4.79 Å². The molecule has 5 nitrogen and oxygen atoms in total. The summed E-state index contributed by atoms with van der Waals surface area (Å²) in [6.07, 6.45) is 5.73. The number of hydrogen-bond acceptors (Lipinski definition) is 5. The minimum Gasteiger partial charge on any atom is -0.462 e. The van der Waals surface area contributed by atoms with Crippen LogP contribution in [-0.2, 0) is 0 Å². The number of nitrogens with zero attached hydrogens (tertiary/aromatic N) is 1. The molecule has 1 aliphatic rings. The van der Waals surface area contributed by atoms with Gasteiger partial charge in [0.05, 0.1) is 11.8 Å². The molecule has 2 heterocycles. The van der Waals surface area contributed by atoms with Crippen LogP contribution in [0.4, 0.5) is 0 Å². The number of rotatable bonds is 4. The van der Waals surface area contributed by atoms with E-state index in [1.165, 1.54) is 11.3 Å². The average Bonchev–Trinajstić information content (AvgIpc) is 3.18. The predicted molar refractivity (Wildman–Crippen MR) is 82.3 cm³/mol. The van der Waals surface area contributed by atoms with Crippen LogP contribution in [0.2, 0.25) is 0 Å². The lowest BCUT2D eigenvalue weighted by molar-refractivity contribution is 0.0898. The van der Waals surface area contributed by atoms with Gasteiger partial charge >= 0.3 is 0 Å². The van der Waals surface area contributed by atoms with Gasteiger partial charge in [0.15, 0.2) is 10.8 Å². The van der Waals surface area contributed by atoms with Crippen molar-refractivity contribution < 1.29 is 9.21 Å². The summed E-state index contributed by atoms with van der Waals surface area (Å²) < 4.78 is 5.34. The van der Waals surface area contributed by atoms with E-state index in [2.05, 4.69) is 10.3 Å². The first-order valence-corrected chi connectivity index (χ1v) is 7.99. The molecule has 0 bridgehead atoms. The maximum absolute atomic E-state index is 12.5. The number of nitrogens with one attached hydrogen (secondary N) is 1. The van der Waals surface area contributed by atoms with E-state index in [1.54, 1.807) is 6.26 Å². The molecular formula is C15H19N3O2S. The number of thiazole rings is 1. The van der Waals surface area contributed by atoms with E-state index in [1.807, 2.05) is 19.1 Å². The molecule has 1 aliphatic carbocycles. The lowest BCUT2D eigenvalue weighted by atomic mass is 9.97. The Labute approximate surface area is 127 Å². The zero-order valence-corrected chi connectivity index (χ0v) is 12.8. The zero-order chi connectivity index (χ0) is 14.9. The molecule has 2 aromatic rings. The summed E-state index contributed by atoms with van der Waals surface area (Å²) in [6, 6.07) is 3.66. The van der Waals surface area contributed by atoms with Crippen molar-refractivity contribution in [1.82, 2.24) is 10.3 Å². The molecule has 0 unspecified atom stereocenters. The number of aromatic nitrogens is 1. The Hall–Kier alpha value is -1.66. The summed E-state index contributed by atoms with van der Waals surface area (Å²) >= 11 is 1.47. The molecule has 3 N–H and O–H groups in total. The van der Waals surface area contributed by atoms with E-state index < -0.39 is 0 Å². The highest BCUT2D eigenvalue weighted by Crippen LogP contribution is 2.31. The first-order valence-electron chi connectivity index (χ1n) is 7.17. The normalized spacial score (nSPS) is 17.0. The summed E-state index contributed by atoms with van der Waals surface area (Å²) in [7, 11) is 0. The molecule has 112 valence electrons. The second-order valence-electron chi connectivity index (χ2n) is 5.55. The highest BCUT2D eigenvalue weighted by atomic mass is 32.1. The molecule has 1 amide bonds. The minimum absolute atomic E-state index is 0.131. The van der Waals surface area contributed by atoms with Gasteiger partial charge in [0, 0.05) is 11.4 Å². The number of hydrogen-bond donors (Lipinski definition) is 2. The van der Waals surface area contributed by atoms with Gasteiger partial charge in [-0.05, 0) is 31.9 Å². The van der Waals surface area contributed by atoms with Gasteiger partial charge in [0.2, 0.25) is 0 Å². The minimum atomic E-state index is -0.252. The Kier molecular flexibility index (Phi) is 3.82. The van der Waals surface area contributed by atoms with Crippen LogP contribution in [0.5, 0.6) is 0 Å². The third-order valence-electron chi connectivity index (χ3n) is 4.07. The summed E-state index contributed by atoms with van der Waals surface area (Å²) in [5.74, 6) is 0.561. The third kappa shape index (κ3) is 2.73. The summed E-state index contributed by atoms with van der Waals surface area (Å²) in [6.45, 7) is 2.38. The van der Waals surface area contributed by atoms with Crippen LogP contribution in [0.3, 0.4) is 0 Å². The summed E-state index contributed by atoms with van der Waals surface area (Å²) in [4.78, 5) is 17.8. The van der Waals surface area contributed by atoms with Crippen molar-refractivity contribution in [3.8, 4) is 10.8 Å². The van der Waals surface area contributed by atoms with Crippen molar-refractivity contribution in [3.05, 3.63) is 29.0 Å². The largest absolute Gasteiger partial charge is 0.462 e. The molecule has 1 fully saturated rings. The van der Waals surface area contributed by atoms with Crippen LogP contribution in [0, 0.1) is 6.92 Å². The second kappa shape index (κ2) is 5.61. The predicted octanol–water partition coefficient (Wildman–Crippen LogP) is 2.71. The summed E-state index contributed by atoms with van der Waals surface area (Å²) in [5, 5.41) is 3.84. The van der Waals surface area contributed by atoms with Gasteiger partial charge in [-0.15, -0.1) is 11.3 Å². The molecule has 0 atom stereocenters. The highest BCUT2D eigenvalue weighted by Gasteiger charge is 2.35. The topological polar surface area (TPSA) is 81.2 Å². The Morgan fingerprint density at radius 2 is 2.29 bits per heavy atom. The van der Waals surface area contributed by atoms with E-state index in [9.17, 15) is 4.79 Å². The van der Waals surface area contributed by atoms with Crippen molar-refractivity contribution in [2.45, 2.75) is 38.1 Å². The van der Waals surface area contributed by atoms with Crippen molar-refractivity contribution in [2.75, 3.05) is 6.54 Å². The van der Waals surface area contributed by atoms with Crippen LogP contribution in [-0.4, -0.2) is 23.0 Å². The monoisotopic (exact) mass is 305 g/mol. The lowest BCUT2D eigenvalue weighted by Crippen LogP contribution is -2.51. The molecule has 3 rings (SSSR count). The first kappa shape index (κ1) is 14.3. The van der Waals surface area contributed by atoms with E-state index >= 15 is 0 Å². The summed E-state index contributed by atoms with van der Waals surface area (Å²) in [5.41, 5.74) is 6.09. The average molecular weight is 305 g/mol. The maximum Gasteiger partial charge on any atom is 0.271 e. The number of aryl methyl sites for hydroxylation is 1. The molecule has 0 radical (unpaired) electrons. The quantitative estimate of drug-likeness (QED) is 0.910. The van der Waals surface area contributed by atoms with E-state index in [4.69, 9.17) is 10.2 Å². The molecule has 2 aromatic heterocycles. The number of carbonyl (C=O) groups excluding carboxylic acids is 1. The van der Waals surface area contributed by atoms with Gasteiger partial charge in [0.25, 0.3) is 5.91 Å². The van der Waals surface area contributed by atoms with Crippen molar-refractivity contribution in [3.63, 3.8) is 0 Å². The fourth-order valence-electron chi connectivity index (χ4n) is 2.84. The van der Waals surface area contributed by atoms with Crippen molar-refractivity contribution >= 4 is 17.2 Å². The molecule has 21 heavy (non-hydrogen) atoms. The molecule has 0 saturated heterocycles. The number of carbonyl (C=O) groups is 1. The fourth-order valence-corrected chi connectivity index (χ4v) is 3.72. The first-order chi connectivity index (χ1) is 10.1. The van der Waals surface area contributed by atoms with Crippen molar-refractivity contribution in [1.29, 1.82) is 0 Å². The molecule has 6 heteroatoms. The standard InChI is InChI=1S/C15H19N3O2S/c1-10-12(17-14(21-10)11-5-4-8-20-11)13(19)18-15(9-16)6-2-3-7-15/h4-5,8H,2-3,6-7,9,16H2,1H3,(H,18,19).